The number of ether oxygens (including phenoxy) is 1. The van der Waals surface area contributed by atoms with Gasteiger partial charge in [0.15, 0.2) is 0 Å². The van der Waals surface area contributed by atoms with Crippen LogP contribution in [0.3, 0.4) is 0 Å². The summed E-state index contributed by atoms with van der Waals surface area (Å²) in [6.07, 6.45) is 8.00. The molecule has 146 valence electrons. The van der Waals surface area contributed by atoms with Crippen LogP contribution in [-0.4, -0.2) is 42.2 Å². The third-order valence-electron chi connectivity index (χ3n) is 5.54. The van der Waals surface area contributed by atoms with E-state index in [-0.39, 0.29) is 36.1 Å². The first-order valence-electron chi connectivity index (χ1n) is 9.40. The van der Waals surface area contributed by atoms with E-state index >= 15 is 0 Å². The van der Waals surface area contributed by atoms with Gasteiger partial charge in [0, 0.05) is 19.0 Å². The normalized spacial score (nSPS) is 27.1. The molecule has 1 heterocycles. The molecule has 0 aromatic heterocycles. The molecule has 1 aliphatic heterocycles. The summed E-state index contributed by atoms with van der Waals surface area (Å²) in [5.41, 5.74) is 0.823. The number of benzene rings is 1. The zero-order valence-electron chi connectivity index (χ0n) is 15.6. The van der Waals surface area contributed by atoms with Gasteiger partial charge in [-0.25, -0.2) is 0 Å². The molecule has 7 heteroatoms. The van der Waals surface area contributed by atoms with E-state index in [2.05, 4.69) is 17.5 Å². The number of rotatable bonds is 6. The fourth-order valence-electron chi connectivity index (χ4n) is 4.05. The molecule has 1 N–H and O–H groups in total. The molecule has 1 saturated carbocycles. The van der Waals surface area contributed by atoms with Crippen LogP contribution in [0.1, 0.15) is 18.4 Å². The minimum Gasteiger partial charge on any atom is -0.497 e. The molecule has 3 aliphatic rings. The Morgan fingerprint density at radius 2 is 2.04 bits per heavy atom. The number of nitrogens with one attached hydrogen (secondary N) is 1. The van der Waals surface area contributed by atoms with E-state index in [1.807, 2.05) is 12.1 Å². The van der Waals surface area contributed by atoms with Gasteiger partial charge in [0.1, 0.15) is 5.75 Å². The lowest BCUT2D eigenvalue weighted by Gasteiger charge is -2.19. The Labute approximate surface area is 168 Å². The lowest BCUT2D eigenvalue weighted by atomic mass is 9.93. The number of methoxy groups -OCH3 is 1. The van der Waals surface area contributed by atoms with Crippen molar-refractivity contribution in [2.24, 2.45) is 17.8 Å². The number of amides is 3. The van der Waals surface area contributed by atoms with Crippen molar-refractivity contribution in [3.8, 4) is 5.75 Å². The highest BCUT2D eigenvalue weighted by Crippen LogP contribution is 2.43. The molecule has 0 radical (unpaired) electrons. The summed E-state index contributed by atoms with van der Waals surface area (Å²) in [6, 6.07) is 7.26. The molecule has 28 heavy (non-hydrogen) atoms. The first-order valence-corrected chi connectivity index (χ1v) is 10.2. The summed E-state index contributed by atoms with van der Waals surface area (Å²) in [5.74, 6) is 1.34. The molecule has 3 atom stereocenters. The quantitative estimate of drug-likeness (QED) is 0.589. The number of carbonyl (C=O) groups excluding carboxylic acids is 3. The summed E-state index contributed by atoms with van der Waals surface area (Å²) >= 11 is 0.926. The van der Waals surface area contributed by atoms with Crippen LogP contribution >= 0.6 is 11.8 Å². The van der Waals surface area contributed by atoms with Crippen LogP contribution in [-0.2, 0) is 9.59 Å². The van der Waals surface area contributed by atoms with Gasteiger partial charge < -0.3 is 10.1 Å². The number of thioether (sulfide) groups is 1. The van der Waals surface area contributed by atoms with E-state index < -0.39 is 0 Å². The number of allylic oxidation sites excluding steroid dienone is 2. The topological polar surface area (TPSA) is 75.7 Å². The SMILES string of the molecule is COc1ccc(/C=C2\SC(=O)N(CCNC(=O)[C@H]3C[C@@H]4C=C[C@H]3C4)C2=O)cc1. The second-order valence-electron chi connectivity index (χ2n) is 7.28. The minimum atomic E-state index is -0.317. The first kappa shape index (κ1) is 18.8. The number of fused-ring (bicyclic) bond motifs is 2. The minimum absolute atomic E-state index is 0.0256. The van der Waals surface area contributed by atoms with E-state index in [0.29, 0.717) is 16.7 Å². The lowest BCUT2D eigenvalue weighted by molar-refractivity contribution is -0.127. The van der Waals surface area contributed by atoms with Crippen molar-refractivity contribution in [2.75, 3.05) is 20.2 Å². The van der Waals surface area contributed by atoms with Gasteiger partial charge in [0.2, 0.25) is 5.91 Å². The Morgan fingerprint density at radius 1 is 1.25 bits per heavy atom. The lowest BCUT2D eigenvalue weighted by Crippen LogP contribution is -2.40. The Kier molecular flexibility index (Phi) is 5.26. The van der Waals surface area contributed by atoms with E-state index in [9.17, 15) is 14.4 Å². The second kappa shape index (κ2) is 7.83. The molecule has 3 amide bonds. The third kappa shape index (κ3) is 3.71. The molecular weight excluding hydrogens is 376 g/mol. The average Bonchev–Trinajstić information content (AvgIpc) is 3.40. The van der Waals surface area contributed by atoms with Crippen molar-refractivity contribution in [1.29, 1.82) is 0 Å². The van der Waals surface area contributed by atoms with Crippen LogP contribution in [0.2, 0.25) is 0 Å². The van der Waals surface area contributed by atoms with Crippen molar-refractivity contribution in [2.45, 2.75) is 12.8 Å². The van der Waals surface area contributed by atoms with Crippen molar-refractivity contribution in [1.82, 2.24) is 10.2 Å². The molecule has 6 nitrogen and oxygen atoms in total. The number of carbonyl (C=O) groups is 3. The highest BCUT2D eigenvalue weighted by atomic mass is 32.2. The summed E-state index contributed by atoms with van der Waals surface area (Å²) in [6.45, 7) is 0.470. The standard InChI is InChI=1S/C21H22N2O4S/c1-27-16-6-3-13(4-7-16)12-18-20(25)23(21(26)28-18)9-8-22-19(24)17-11-14-2-5-15(17)10-14/h2-7,12,14-15,17H,8-11H2,1H3,(H,22,24)/b18-12-/t14-,15+,17+/m1/s1. The zero-order valence-corrected chi connectivity index (χ0v) is 16.4. The van der Waals surface area contributed by atoms with Gasteiger partial charge in [-0.05, 0) is 60.2 Å². The van der Waals surface area contributed by atoms with Gasteiger partial charge in [-0.15, -0.1) is 0 Å². The molecule has 2 fully saturated rings. The molecule has 1 aromatic rings. The van der Waals surface area contributed by atoms with Crippen molar-refractivity contribution in [3.05, 3.63) is 46.9 Å². The third-order valence-corrected chi connectivity index (χ3v) is 6.44. The zero-order chi connectivity index (χ0) is 19.7. The van der Waals surface area contributed by atoms with Crippen LogP contribution in [0.4, 0.5) is 4.79 Å². The maximum absolute atomic E-state index is 12.5. The Morgan fingerprint density at radius 3 is 2.68 bits per heavy atom. The van der Waals surface area contributed by atoms with E-state index in [0.717, 1.165) is 35.9 Å². The van der Waals surface area contributed by atoms with E-state index in [1.165, 1.54) is 4.90 Å². The summed E-state index contributed by atoms with van der Waals surface area (Å²) < 4.78 is 5.12. The molecular formula is C21H22N2O4S. The molecule has 0 spiro atoms. The highest BCUT2D eigenvalue weighted by molar-refractivity contribution is 8.18. The number of imide groups is 1. The summed E-state index contributed by atoms with van der Waals surface area (Å²) in [5, 5.41) is 2.59. The fourth-order valence-corrected chi connectivity index (χ4v) is 4.91. The van der Waals surface area contributed by atoms with Crippen molar-refractivity contribution < 1.29 is 19.1 Å². The average molecular weight is 398 g/mol. The van der Waals surface area contributed by atoms with Crippen LogP contribution in [0.15, 0.2) is 41.3 Å². The Bertz CT molecular complexity index is 862. The fraction of sp³-hybridized carbons (Fsp3) is 0.381. The van der Waals surface area contributed by atoms with Gasteiger partial charge in [-0.1, -0.05) is 24.3 Å². The van der Waals surface area contributed by atoms with Gasteiger partial charge in [-0.2, -0.15) is 0 Å². The van der Waals surface area contributed by atoms with Crippen LogP contribution in [0.5, 0.6) is 5.75 Å². The van der Waals surface area contributed by atoms with Crippen molar-refractivity contribution >= 4 is 34.9 Å². The predicted octanol–water partition coefficient (Wildman–Crippen LogP) is 3.06. The second-order valence-corrected chi connectivity index (χ2v) is 8.28. The molecule has 2 aliphatic carbocycles. The maximum atomic E-state index is 12.5. The number of hydrogen-bond acceptors (Lipinski definition) is 5. The van der Waals surface area contributed by atoms with Crippen LogP contribution < -0.4 is 10.1 Å². The van der Waals surface area contributed by atoms with Crippen LogP contribution in [0.25, 0.3) is 6.08 Å². The molecule has 2 bridgehead atoms. The number of hydrogen-bond donors (Lipinski definition) is 1. The maximum Gasteiger partial charge on any atom is 0.293 e. The molecule has 1 saturated heterocycles. The Hall–Kier alpha value is -2.54. The summed E-state index contributed by atoms with van der Waals surface area (Å²) in [4.78, 5) is 38.7. The summed E-state index contributed by atoms with van der Waals surface area (Å²) in [7, 11) is 1.59. The molecule has 1 aromatic carbocycles. The first-order chi connectivity index (χ1) is 13.5. The number of nitrogens with zero attached hydrogens (tertiary/aromatic N) is 1. The Balaban J connectivity index is 1.32. The monoisotopic (exact) mass is 398 g/mol. The van der Waals surface area contributed by atoms with Gasteiger partial charge in [-0.3, -0.25) is 19.3 Å². The van der Waals surface area contributed by atoms with Gasteiger partial charge in [0.25, 0.3) is 11.1 Å². The van der Waals surface area contributed by atoms with Crippen LogP contribution in [0, 0.1) is 17.8 Å². The predicted molar refractivity (Wildman–Crippen MR) is 108 cm³/mol. The van der Waals surface area contributed by atoms with Crippen molar-refractivity contribution in [3.63, 3.8) is 0 Å². The highest BCUT2D eigenvalue weighted by Gasteiger charge is 2.40. The van der Waals surface area contributed by atoms with E-state index in [4.69, 9.17) is 4.74 Å². The van der Waals surface area contributed by atoms with Gasteiger partial charge in [0.05, 0.1) is 12.0 Å². The smallest absolute Gasteiger partial charge is 0.293 e. The molecule has 0 unspecified atom stereocenters. The largest absolute Gasteiger partial charge is 0.497 e. The van der Waals surface area contributed by atoms with Gasteiger partial charge >= 0.3 is 0 Å². The molecule has 4 rings (SSSR count). The van der Waals surface area contributed by atoms with E-state index in [1.54, 1.807) is 25.3 Å².